The van der Waals surface area contributed by atoms with Crippen LogP contribution in [0.25, 0.3) is 43.1 Å². The zero-order valence-corrected chi connectivity index (χ0v) is 79.1. The van der Waals surface area contributed by atoms with Crippen LogP contribution in [0.4, 0.5) is 63.1 Å². The minimum atomic E-state index is 0.127. The summed E-state index contributed by atoms with van der Waals surface area (Å²) in [4.78, 5) is 37.4. The first-order chi connectivity index (χ1) is 67.2. The molecule has 8 bridgehead atoms. The Balaban J connectivity index is 1.20. The number of hydrogen-bond donors (Lipinski definition) is 11. The summed E-state index contributed by atoms with van der Waals surface area (Å²) in [6.07, 6.45) is 14.5. The van der Waals surface area contributed by atoms with Gasteiger partial charge in [0.25, 0.3) is 0 Å². The Bertz CT molecular complexity index is 6970. The quantitative estimate of drug-likeness (QED) is 0.0158. The molecule has 0 saturated heterocycles. The molecule has 24 nitrogen and oxygen atoms in total. The molecule has 11 N–H and O–H groups in total. The molecule has 17 rings (SSSR count). The van der Waals surface area contributed by atoms with Crippen LogP contribution < -0.4 is 102 Å². The third-order valence-corrected chi connectivity index (χ3v) is 23.7. The molecule has 1 aliphatic rings. The molecule has 5 heterocycles. The summed E-state index contributed by atoms with van der Waals surface area (Å²) in [5.74, 6) is 6.36. The molecule has 0 radical (unpaired) electrons. The fourth-order valence-corrected chi connectivity index (χ4v) is 16.8. The summed E-state index contributed by atoms with van der Waals surface area (Å²) >= 11 is 0. The molecule has 12 aromatic carbocycles. The van der Waals surface area contributed by atoms with Crippen molar-refractivity contribution in [3.63, 3.8) is 0 Å². The van der Waals surface area contributed by atoms with Gasteiger partial charge in [0.05, 0.1) is 77.5 Å². The summed E-state index contributed by atoms with van der Waals surface area (Å²) in [7, 11) is 0. The fraction of sp³-hybridized carbons (Fsp3) is 0.286. The monoisotopic (exact) mass is 1820 g/mol. The lowest BCUT2D eigenvalue weighted by molar-refractivity contribution is 0.370. The molecule has 0 saturated carbocycles. The average Bonchev–Trinajstić information content (AvgIpc) is 1.54. The van der Waals surface area contributed by atoms with E-state index in [1.807, 2.05) is 243 Å². The predicted octanol–water partition coefficient (Wildman–Crippen LogP) is 29.4. The Labute approximate surface area is 794 Å². The number of anilines is 7. The van der Waals surface area contributed by atoms with Gasteiger partial charge in [0, 0.05) is 57.7 Å². The van der Waals surface area contributed by atoms with E-state index in [0.29, 0.717) is 143 Å². The predicted molar refractivity (Wildman–Crippen MR) is 555 cm³/mol. The Morgan fingerprint density at radius 2 is 0.471 bits per heavy atom. The first kappa shape index (κ1) is 92.6. The fourth-order valence-electron chi connectivity index (χ4n) is 16.8. The molecule has 4 aromatic heterocycles. The highest BCUT2D eigenvalue weighted by Gasteiger charge is 2.38. The number of ether oxygens (including phenoxy) is 8. The second kappa shape index (κ2) is 45.5. The highest BCUT2D eigenvalue weighted by molar-refractivity contribution is 6.22. The van der Waals surface area contributed by atoms with Crippen molar-refractivity contribution in [1.29, 1.82) is 0 Å². The van der Waals surface area contributed by atoms with Gasteiger partial charge in [-0.05, 0) is 154 Å². The molecule has 136 heavy (non-hydrogen) atoms. The van der Waals surface area contributed by atoms with Crippen LogP contribution in [0.5, 0.6) is 92.0 Å². The van der Waals surface area contributed by atoms with Crippen molar-refractivity contribution in [2.24, 2.45) is 20.0 Å². The lowest BCUT2D eigenvalue weighted by atomic mass is 10.0. The highest BCUT2D eigenvalue weighted by atomic mass is 16.6. The second-order valence-corrected chi connectivity index (χ2v) is 33.9. The average molecular weight is 1820 g/mol. The number of benzene rings is 12. The molecule has 700 valence electrons. The number of hydrogen-bond acceptors (Lipinski definition) is 20. The molecule has 0 spiro atoms. The summed E-state index contributed by atoms with van der Waals surface area (Å²) in [5, 5.41) is 33.3. The van der Waals surface area contributed by atoms with Crippen LogP contribution >= 0.6 is 0 Å². The van der Waals surface area contributed by atoms with E-state index >= 15 is 0 Å². The van der Waals surface area contributed by atoms with Crippen LogP contribution in [0.1, 0.15) is 158 Å². The van der Waals surface area contributed by atoms with Crippen molar-refractivity contribution in [3.05, 3.63) is 271 Å². The Kier molecular flexibility index (Phi) is 31.0. The summed E-state index contributed by atoms with van der Waals surface area (Å²) in [5.41, 5.74) is 11.6. The lowest BCUT2D eigenvalue weighted by Gasteiger charge is -2.24. The van der Waals surface area contributed by atoms with Crippen molar-refractivity contribution in [1.82, 2.24) is 19.6 Å². The third kappa shape index (κ3) is 20.9. The topological polar surface area (TPSA) is 272 Å². The van der Waals surface area contributed by atoms with Crippen LogP contribution in [0, 0.1) is 0 Å². The number of para-hydroxylation sites is 8. The number of aromatic amines is 3. The van der Waals surface area contributed by atoms with Gasteiger partial charge in [-0.2, -0.15) is 0 Å². The van der Waals surface area contributed by atoms with E-state index in [2.05, 4.69) is 124 Å². The minimum Gasteiger partial charge on any atom is -0.452 e. The van der Waals surface area contributed by atoms with Gasteiger partial charge in [0.15, 0.2) is 34.6 Å². The molecular formula is C112H124N16O8. The molecule has 0 aliphatic carbocycles. The second-order valence-electron chi connectivity index (χ2n) is 33.9. The van der Waals surface area contributed by atoms with E-state index in [4.69, 9.17) is 57.9 Å². The van der Waals surface area contributed by atoms with Crippen molar-refractivity contribution in [2.45, 2.75) is 158 Å². The number of nitrogens with one attached hydrogen (secondary N) is 11. The minimum absolute atomic E-state index is 0.127. The Hall–Kier alpha value is -15.2. The summed E-state index contributed by atoms with van der Waals surface area (Å²) in [6.45, 7) is 22.9. The number of unbranched alkanes of at least 4 members (excludes halogenated alkanes) is 8. The van der Waals surface area contributed by atoms with Gasteiger partial charge in [0.1, 0.15) is 79.6 Å². The van der Waals surface area contributed by atoms with Gasteiger partial charge in [-0.15, -0.1) is 0 Å². The van der Waals surface area contributed by atoms with E-state index in [-0.39, 0.29) is 68.6 Å². The van der Waals surface area contributed by atoms with Crippen LogP contribution in [-0.4, -0.2) is 72.0 Å². The van der Waals surface area contributed by atoms with Crippen molar-refractivity contribution >= 4 is 106 Å². The van der Waals surface area contributed by atoms with Crippen LogP contribution in [-0.2, 0) is 0 Å². The Morgan fingerprint density at radius 3 is 0.787 bits per heavy atom. The SMILES string of the molecule is CCCCNc1cc2c3[nH]c(c2c(NCCCC)c1NCCCC)=Nc1c2c(NCCCC)c(NCCCC)c(NCCCC)c(NCCCC)c2c(n1NCCCC)N=c1[nH]c(c2c(Oc4ccccc4)c(Oc4ccccc4)c(Oc4ccccc4)c(Oc4ccccc4)c12)=Nc1[nH]c(c2c(Oc4ccccc4)c(Oc4ccccc4)c(Oc4ccccc4)c(Oc4ccccc4)c12)N=3. The number of H-pyrrole nitrogens is 3. The summed E-state index contributed by atoms with van der Waals surface area (Å²) < 4.78 is 63.1. The first-order valence-electron chi connectivity index (χ1n) is 48.8. The maximum absolute atomic E-state index is 7.76. The van der Waals surface area contributed by atoms with E-state index in [1.54, 1.807) is 0 Å². The van der Waals surface area contributed by atoms with E-state index in [9.17, 15) is 0 Å². The van der Waals surface area contributed by atoms with Crippen molar-refractivity contribution in [2.75, 3.05) is 95.0 Å². The van der Waals surface area contributed by atoms with Gasteiger partial charge in [0.2, 0.25) is 23.0 Å². The van der Waals surface area contributed by atoms with Gasteiger partial charge in [-0.3, -0.25) is 0 Å². The molecule has 24 heteroatoms. The zero-order valence-electron chi connectivity index (χ0n) is 79.1. The first-order valence-corrected chi connectivity index (χ1v) is 48.8. The molecule has 1 aliphatic heterocycles. The van der Waals surface area contributed by atoms with E-state index in [0.717, 1.165) is 164 Å². The lowest BCUT2D eigenvalue weighted by Crippen LogP contribution is -2.18. The molecule has 16 aromatic rings. The molecular weight excluding hydrogens is 1700 g/mol. The van der Waals surface area contributed by atoms with Gasteiger partial charge >= 0.3 is 0 Å². The van der Waals surface area contributed by atoms with E-state index in [1.165, 1.54) is 0 Å². The van der Waals surface area contributed by atoms with Crippen molar-refractivity contribution < 1.29 is 37.9 Å². The number of nitrogens with zero attached hydrogens (tertiary/aromatic N) is 5. The largest absolute Gasteiger partial charge is 0.452 e. The van der Waals surface area contributed by atoms with Gasteiger partial charge < -0.3 is 95.5 Å². The van der Waals surface area contributed by atoms with E-state index < -0.39 is 0 Å². The Morgan fingerprint density at radius 1 is 0.228 bits per heavy atom. The third-order valence-electron chi connectivity index (χ3n) is 23.7. The van der Waals surface area contributed by atoms with Crippen LogP contribution in [0.3, 0.4) is 0 Å². The van der Waals surface area contributed by atoms with Crippen LogP contribution in [0.15, 0.2) is 269 Å². The number of aromatic nitrogens is 4. The smallest absolute Gasteiger partial charge is 0.217 e. The highest BCUT2D eigenvalue weighted by Crippen LogP contribution is 2.62. The number of fused-ring (bicyclic) bond motifs is 20. The molecule has 0 atom stereocenters. The standard InChI is InChI=1S/C112H124N16O8/c1-9-17-65-113-83-73-82-84(92(115-67-19-11-3)91(83)114-66-18-10-2)106-121-105(82)122-107-87-88(98(130-75-51-35-26-36-52-75)102(134-79-59-43-30-44-60-79)101(133-78-57-41-29-42-58-78)97(87)129-74-49-33-25-34-50-74)108(123-107)124-109-89-90(100(132-77-55-39-28-40-56-77)104(136-81-63-47-32-48-64-81)103(135-80-61-45-31-46-62-80)99(89)131-76-53-37-27-38-54-76)110(125-109)127-112-86-85(111(126-106)128(112)120-72-24-16-8)93(116-68-20-12-4)95(118-70-22-14-6)96(119-71-23-15-7)94(86)117-69-21-13-5/h25-64,73,113-120H,9-24,65-72H2,1-8H3,(H3,121,122,123,124,125,126,127). The zero-order chi connectivity index (χ0) is 93.3. The van der Waals surface area contributed by atoms with Crippen molar-refractivity contribution in [3.8, 4) is 92.0 Å². The van der Waals surface area contributed by atoms with Gasteiger partial charge in [-0.25, -0.2) is 24.6 Å². The molecule has 0 unspecified atom stereocenters. The van der Waals surface area contributed by atoms with Gasteiger partial charge in [-0.1, -0.05) is 252 Å². The summed E-state index contributed by atoms with van der Waals surface area (Å²) in [6, 6.07) is 79.3. The molecule has 0 amide bonds. The maximum Gasteiger partial charge on any atom is 0.217 e. The molecule has 0 fully saturated rings. The maximum atomic E-state index is 7.76. The number of rotatable bonds is 48. The van der Waals surface area contributed by atoms with Crippen LogP contribution in [0.2, 0.25) is 0 Å². The normalized spacial score (nSPS) is 11.6.